The van der Waals surface area contributed by atoms with Crippen molar-refractivity contribution in [2.45, 2.75) is 25.9 Å². The fourth-order valence-corrected chi connectivity index (χ4v) is 2.67. The Kier molecular flexibility index (Phi) is 4.72. The van der Waals surface area contributed by atoms with Crippen molar-refractivity contribution in [2.75, 3.05) is 0 Å². The molecule has 100 valence electrons. The third-order valence-electron chi connectivity index (χ3n) is 3.19. The first-order valence-electron chi connectivity index (χ1n) is 6.31. The number of rotatable bonds is 4. The first kappa shape index (κ1) is 14.2. The molecular weight excluding hydrogens is 307 g/mol. The van der Waals surface area contributed by atoms with Crippen LogP contribution < -0.4 is 0 Å². The number of hydrogen-bond acceptors (Lipinski definition) is 1. The monoisotopic (exact) mass is 322 g/mol. The van der Waals surface area contributed by atoms with Crippen molar-refractivity contribution in [1.29, 1.82) is 0 Å². The van der Waals surface area contributed by atoms with Gasteiger partial charge in [-0.15, -0.1) is 0 Å². The molecule has 0 aliphatic heterocycles. The van der Waals surface area contributed by atoms with Gasteiger partial charge in [0.1, 0.15) is 5.82 Å². The summed E-state index contributed by atoms with van der Waals surface area (Å²) < 4.78 is 14.3. The van der Waals surface area contributed by atoms with Crippen molar-refractivity contribution in [3.63, 3.8) is 0 Å². The molecule has 0 aromatic heterocycles. The summed E-state index contributed by atoms with van der Waals surface area (Å²) >= 11 is 3.28. The van der Waals surface area contributed by atoms with E-state index in [-0.39, 0.29) is 5.82 Å². The highest BCUT2D eigenvalue weighted by Crippen LogP contribution is 2.28. The highest BCUT2D eigenvalue weighted by Gasteiger charge is 2.16. The first-order valence-corrected chi connectivity index (χ1v) is 7.11. The van der Waals surface area contributed by atoms with Crippen LogP contribution in [0.4, 0.5) is 4.39 Å². The third-order valence-corrected chi connectivity index (χ3v) is 3.88. The topological polar surface area (TPSA) is 20.2 Å². The zero-order valence-electron chi connectivity index (χ0n) is 10.7. The molecule has 2 aromatic rings. The van der Waals surface area contributed by atoms with E-state index < -0.39 is 6.10 Å². The molecule has 2 aromatic carbocycles. The summed E-state index contributed by atoms with van der Waals surface area (Å²) in [5.74, 6) is -0.382. The van der Waals surface area contributed by atoms with Crippen molar-refractivity contribution in [3.05, 3.63) is 69.4 Å². The molecule has 0 saturated carbocycles. The van der Waals surface area contributed by atoms with Crippen molar-refractivity contribution >= 4 is 15.9 Å². The average Bonchev–Trinajstić information content (AvgIpc) is 2.39. The largest absolute Gasteiger partial charge is 0.388 e. The van der Waals surface area contributed by atoms with Crippen LogP contribution in [0.3, 0.4) is 0 Å². The second-order valence-corrected chi connectivity index (χ2v) is 5.38. The van der Waals surface area contributed by atoms with E-state index in [2.05, 4.69) is 22.9 Å². The minimum absolute atomic E-state index is 0.321. The normalized spacial score (nSPS) is 12.4. The maximum Gasteiger partial charge on any atom is 0.130 e. The summed E-state index contributed by atoms with van der Waals surface area (Å²) in [6.07, 6.45) is 0.550. The molecule has 0 aliphatic rings. The number of aryl methyl sites for hydroxylation is 1. The van der Waals surface area contributed by atoms with Gasteiger partial charge in [-0.2, -0.15) is 0 Å². The van der Waals surface area contributed by atoms with E-state index >= 15 is 0 Å². The van der Waals surface area contributed by atoms with Gasteiger partial charge < -0.3 is 5.11 Å². The summed E-state index contributed by atoms with van der Waals surface area (Å²) in [5, 5.41) is 10.2. The summed E-state index contributed by atoms with van der Waals surface area (Å²) in [4.78, 5) is 0. The van der Waals surface area contributed by atoms with Gasteiger partial charge in [-0.3, -0.25) is 0 Å². The summed E-state index contributed by atoms with van der Waals surface area (Å²) in [5.41, 5.74) is 2.58. The number of benzene rings is 2. The highest BCUT2D eigenvalue weighted by atomic mass is 79.9. The van der Waals surface area contributed by atoms with E-state index in [1.54, 1.807) is 12.1 Å². The fraction of sp³-hybridized carbons (Fsp3) is 0.250. The number of hydrogen-bond donors (Lipinski definition) is 1. The minimum atomic E-state index is -0.844. The summed E-state index contributed by atoms with van der Waals surface area (Å²) in [6.45, 7) is 2.10. The molecular formula is C16H16BrFO. The van der Waals surface area contributed by atoms with E-state index in [4.69, 9.17) is 0 Å². The van der Waals surface area contributed by atoms with E-state index in [1.807, 2.05) is 24.3 Å². The fourth-order valence-electron chi connectivity index (χ4n) is 2.07. The standard InChI is InChI=1S/C16H16BrFO/c1-2-11-6-8-12(9-7-11)10-15(19)16-13(17)4-3-5-14(16)18/h3-9,15,19H,2,10H2,1H3. The number of halogens is 2. The summed E-state index contributed by atoms with van der Waals surface area (Å²) in [6, 6.07) is 12.8. The van der Waals surface area contributed by atoms with Crippen LogP contribution in [0.1, 0.15) is 29.7 Å². The van der Waals surface area contributed by atoms with Crippen molar-refractivity contribution in [2.24, 2.45) is 0 Å². The van der Waals surface area contributed by atoms with Gasteiger partial charge in [-0.05, 0) is 29.7 Å². The zero-order valence-corrected chi connectivity index (χ0v) is 12.3. The minimum Gasteiger partial charge on any atom is -0.388 e. The molecule has 1 N–H and O–H groups in total. The Bertz CT molecular complexity index is 531. The SMILES string of the molecule is CCc1ccc(CC(O)c2c(F)cccc2Br)cc1. The molecule has 19 heavy (non-hydrogen) atoms. The smallest absolute Gasteiger partial charge is 0.130 e. The molecule has 0 spiro atoms. The lowest BCUT2D eigenvalue weighted by Gasteiger charge is -2.14. The predicted octanol–water partition coefficient (Wildman–Crippen LogP) is 4.43. The maximum atomic E-state index is 13.7. The van der Waals surface area contributed by atoms with Crippen LogP contribution in [0.25, 0.3) is 0 Å². The van der Waals surface area contributed by atoms with E-state index in [1.165, 1.54) is 11.6 Å². The molecule has 2 rings (SSSR count). The molecule has 1 atom stereocenters. The lowest BCUT2D eigenvalue weighted by atomic mass is 10.00. The second kappa shape index (κ2) is 6.31. The van der Waals surface area contributed by atoms with Gasteiger partial charge in [0.25, 0.3) is 0 Å². The quantitative estimate of drug-likeness (QED) is 0.883. The number of aliphatic hydroxyl groups is 1. The van der Waals surface area contributed by atoms with Crippen LogP contribution in [0, 0.1) is 5.82 Å². The Morgan fingerprint density at radius 3 is 2.32 bits per heavy atom. The first-order chi connectivity index (χ1) is 9.11. The van der Waals surface area contributed by atoms with Crippen molar-refractivity contribution < 1.29 is 9.50 Å². The molecule has 1 nitrogen and oxygen atoms in total. The Balaban J connectivity index is 2.18. The molecule has 0 aliphatic carbocycles. The van der Waals surface area contributed by atoms with Crippen LogP contribution in [0.2, 0.25) is 0 Å². The van der Waals surface area contributed by atoms with Gasteiger partial charge in [0.05, 0.1) is 6.10 Å². The lowest BCUT2D eigenvalue weighted by molar-refractivity contribution is 0.173. The van der Waals surface area contributed by atoms with Crippen LogP contribution in [-0.2, 0) is 12.8 Å². The van der Waals surface area contributed by atoms with E-state index in [0.29, 0.717) is 16.5 Å². The van der Waals surface area contributed by atoms with Gasteiger partial charge in [0, 0.05) is 16.5 Å². The van der Waals surface area contributed by atoms with Gasteiger partial charge in [0.2, 0.25) is 0 Å². The summed E-state index contributed by atoms with van der Waals surface area (Å²) in [7, 11) is 0. The molecule has 3 heteroatoms. The molecule has 0 heterocycles. The highest BCUT2D eigenvalue weighted by molar-refractivity contribution is 9.10. The Hall–Kier alpha value is -1.19. The molecule has 0 bridgehead atoms. The van der Waals surface area contributed by atoms with Crippen molar-refractivity contribution in [3.8, 4) is 0 Å². The van der Waals surface area contributed by atoms with Gasteiger partial charge in [0.15, 0.2) is 0 Å². The number of aliphatic hydroxyl groups excluding tert-OH is 1. The van der Waals surface area contributed by atoms with E-state index in [9.17, 15) is 9.50 Å². The van der Waals surface area contributed by atoms with Gasteiger partial charge in [-0.1, -0.05) is 53.2 Å². The van der Waals surface area contributed by atoms with Crippen LogP contribution in [-0.4, -0.2) is 5.11 Å². The Morgan fingerprint density at radius 1 is 1.11 bits per heavy atom. The van der Waals surface area contributed by atoms with Crippen molar-refractivity contribution in [1.82, 2.24) is 0 Å². The van der Waals surface area contributed by atoms with E-state index in [0.717, 1.165) is 12.0 Å². The van der Waals surface area contributed by atoms with Gasteiger partial charge >= 0.3 is 0 Å². The average molecular weight is 323 g/mol. The molecule has 0 radical (unpaired) electrons. The molecule has 0 saturated heterocycles. The van der Waals surface area contributed by atoms with Crippen LogP contribution in [0.15, 0.2) is 46.9 Å². The lowest BCUT2D eigenvalue weighted by Crippen LogP contribution is -2.05. The Labute approximate surface area is 121 Å². The molecule has 1 unspecified atom stereocenters. The van der Waals surface area contributed by atoms with Crippen LogP contribution >= 0.6 is 15.9 Å². The van der Waals surface area contributed by atoms with Gasteiger partial charge in [-0.25, -0.2) is 4.39 Å². The third kappa shape index (κ3) is 3.43. The zero-order chi connectivity index (χ0) is 13.8. The predicted molar refractivity (Wildman–Crippen MR) is 78.6 cm³/mol. The maximum absolute atomic E-state index is 13.7. The molecule has 0 fully saturated rings. The molecule has 0 amide bonds. The Morgan fingerprint density at radius 2 is 1.74 bits per heavy atom. The van der Waals surface area contributed by atoms with Crippen LogP contribution in [0.5, 0.6) is 0 Å². The second-order valence-electron chi connectivity index (χ2n) is 4.53.